The fraction of sp³-hybridized carbons (Fsp3) is 0.211. The number of hydrogen-bond acceptors (Lipinski definition) is 2. The second kappa shape index (κ2) is 6.78. The topological polar surface area (TPSA) is 29.9 Å². The summed E-state index contributed by atoms with van der Waals surface area (Å²) in [5.74, 6) is 0. The van der Waals surface area contributed by atoms with Gasteiger partial charge in [0.1, 0.15) is 5.69 Å². The summed E-state index contributed by atoms with van der Waals surface area (Å²) in [6, 6.07) is 12.3. The van der Waals surface area contributed by atoms with Gasteiger partial charge in [0.15, 0.2) is 0 Å². The summed E-state index contributed by atoms with van der Waals surface area (Å²) in [7, 11) is 0. The second-order valence-electron chi connectivity index (χ2n) is 6.16. The number of aryl methyl sites for hydroxylation is 1. The van der Waals surface area contributed by atoms with Crippen LogP contribution in [-0.2, 0) is 12.7 Å². The van der Waals surface area contributed by atoms with Gasteiger partial charge in [-0.15, -0.1) is 12.4 Å². The molecule has 0 spiro atoms. The molecule has 3 heterocycles. The van der Waals surface area contributed by atoms with Gasteiger partial charge in [-0.2, -0.15) is 13.2 Å². The molecule has 0 aliphatic carbocycles. The van der Waals surface area contributed by atoms with Crippen molar-refractivity contribution >= 4 is 12.4 Å². The Morgan fingerprint density at radius 3 is 2.73 bits per heavy atom. The Morgan fingerprint density at radius 1 is 1.15 bits per heavy atom. The van der Waals surface area contributed by atoms with Crippen LogP contribution in [0.2, 0.25) is 0 Å². The Labute approximate surface area is 155 Å². The molecular formula is C19H17ClF3N3. The first-order valence-corrected chi connectivity index (χ1v) is 7.98. The first kappa shape index (κ1) is 18.5. The molecule has 7 heteroatoms. The molecule has 1 atom stereocenters. The molecule has 1 aliphatic heterocycles. The molecule has 0 amide bonds. The molecule has 1 N–H and O–H groups in total. The van der Waals surface area contributed by atoms with E-state index in [9.17, 15) is 13.2 Å². The zero-order valence-electron chi connectivity index (χ0n) is 13.9. The Kier molecular flexibility index (Phi) is 4.82. The minimum atomic E-state index is -4.46. The summed E-state index contributed by atoms with van der Waals surface area (Å²) in [6.45, 7) is 2.62. The van der Waals surface area contributed by atoms with Crippen LogP contribution in [0.5, 0.6) is 0 Å². The number of rotatable bonds is 1. The summed E-state index contributed by atoms with van der Waals surface area (Å²) in [5, 5.41) is 3.40. The van der Waals surface area contributed by atoms with Crippen molar-refractivity contribution in [3.05, 3.63) is 82.9 Å². The van der Waals surface area contributed by atoms with E-state index in [1.54, 1.807) is 6.07 Å². The Morgan fingerprint density at radius 2 is 1.96 bits per heavy atom. The highest BCUT2D eigenvalue weighted by atomic mass is 35.5. The van der Waals surface area contributed by atoms with Gasteiger partial charge in [0.05, 0.1) is 11.7 Å². The fourth-order valence-electron chi connectivity index (χ4n) is 3.37. The van der Waals surface area contributed by atoms with Gasteiger partial charge in [-0.3, -0.25) is 4.98 Å². The zero-order chi connectivity index (χ0) is 17.6. The van der Waals surface area contributed by atoms with Crippen LogP contribution >= 0.6 is 12.4 Å². The molecule has 0 saturated heterocycles. The van der Waals surface area contributed by atoms with Crippen LogP contribution in [-0.4, -0.2) is 9.55 Å². The lowest BCUT2D eigenvalue weighted by molar-refractivity contribution is -0.141. The van der Waals surface area contributed by atoms with Crippen LogP contribution in [0.15, 0.2) is 54.9 Å². The Balaban J connectivity index is 0.00000196. The molecule has 4 rings (SSSR count). The number of aromatic nitrogens is 2. The summed E-state index contributed by atoms with van der Waals surface area (Å²) in [6.07, 6.45) is -1.29. The molecule has 1 aromatic carbocycles. The smallest absolute Gasteiger partial charge is 0.319 e. The highest BCUT2D eigenvalue weighted by molar-refractivity contribution is 5.85. The van der Waals surface area contributed by atoms with E-state index in [0.29, 0.717) is 12.1 Å². The van der Waals surface area contributed by atoms with Crippen LogP contribution < -0.4 is 5.32 Å². The van der Waals surface area contributed by atoms with Crippen molar-refractivity contribution in [2.75, 3.05) is 0 Å². The molecular weight excluding hydrogens is 363 g/mol. The molecule has 1 unspecified atom stereocenters. The first-order valence-electron chi connectivity index (χ1n) is 7.98. The lowest BCUT2D eigenvalue weighted by Gasteiger charge is -2.19. The molecule has 2 aromatic heterocycles. The molecule has 0 saturated carbocycles. The molecule has 0 fully saturated rings. The SMILES string of the molecule is Cc1cccc2c1CNC(c1ccnc(C(F)(F)F)c1)c1cccn1-2.Cl. The molecule has 0 bridgehead atoms. The van der Waals surface area contributed by atoms with Gasteiger partial charge in [0, 0.05) is 24.6 Å². The van der Waals surface area contributed by atoms with Gasteiger partial charge >= 0.3 is 6.18 Å². The van der Waals surface area contributed by atoms with Crippen molar-refractivity contribution in [1.29, 1.82) is 0 Å². The molecule has 3 aromatic rings. The summed E-state index contributed by atoms with van der Waals surface area (Å²) >= 11 is 0. The highest BCUT2D eigenvalue weighted by Crippen LogP contribution is 2.34. The highest BCUT2D eigenvalue weighted by Gasteiger charge is 2.33. The van der Waals surface area contributed by atoms with E-state index in [-0.39, 0.29) is 18.4 Å². The van der Waals surface area contributed by atoms with Crippen LogP contribution in [0.25, 0.3) is 5.69 Å². The maximum absolute atomic E-state index is 13.0. The van der Waals surface area contributed by atoms with Crippen molar-refractivity contribution in [3.63, 3.8) is 0 Å². The maximum atomic E-state index is 13.0. The van der Waals surface area contributed by atoms with Crippen molar-refractivity contribution in [1.82, 2.24) is 14.9 Å². The largest absolute Gasteiger partial charge is 0.433 e. The third-order valence-corrected chi connectivity index (χ3v) is 4.61. The first-order chi connectivity index (χ1) is 11.9. The minimum absolute atomic E-state index is 0. The third kappa shape index (κ3) is 3.10. The number of alkyl halides is 3. The maximum Gasteiger partial charge on any atom is 0.433 e. The van der Waals surface area contributed by atoms with Crippen LogP contribution in [0.3, 0.4) is 0 Å². The molecule has 3 nitrogen and oxygen atoms in total. The van der Waals surface area contributed by atoms with Crippen molar-refractivity contribution in [2.24, 2.45) is 0 Å². The summed E-state index contributed by atoms with van der Waals surface area (Å²) in [5.41, 5.74) is 3.93. The lowest BCUT2D eigenvalue weighted by atomic mass is 10.0. The van der Waals surface area contributed by atoms with E-state index in [0.717, 1.165) is 28.6 Å². The van der Waals surface area contributed by atoms with Crippen molar-refractivity contribution in [2.45, 2.75) is 25.7 Å². The van der Waals surface area contributed by atoms with Crippen molar-refractivity contribution < 1.29 is 13.2 Å². The number of benzene rings is 1. The van der Waals surface area contributed by atoms with E-state index >= 15 is 0 Å². The molecule has 1 aliphatic rings. The number of pyridine rings is 1. The standard InChI is InChI=1S/C19H16F3N3.ClH/c1-12-4-2-5-15-14(12)11-24-18(16-6-3-9-25(15)16)13-7-8-23-17(10-13)19(20,21)22;/h2-10,18,24H,11H2,1H3;1H. The fourth-order valence-corrected chi connectivity index (χ4v) is 3.37. The predicted octanol–water partition coefficient (Wildman–Crippen LogP) is 4.81. The predicted molar refractivity (Wildman–Crippen MR) is 95.7 cm³/mol. The van der Waals surface area contributed by atoms with E-state index < -0.39 is 11.9 Å². The van der Waals surface area contributed by atoms with Crippen molar-refractivity contribution in [3.8, 4) is 5.69 Å². The van der Waals surface area contributed by atoms with Gasteiger partial charge < -0.3 is 9.88 Å². The van der Waals surface area contributed by atoms with Gasteiger partial charge in [-0.1, -0.05) is 12.1 Å². The average Bonchev–Trinajstić information content (AvgIpc) is 2.99. The van der Waals surface area contributed by atoms with Gasteiger partial charge in [-0.25, -0.2) is 0 Å². The normalized spacial score (nSPS) is 16.2. The van der Waals surface area contributed by atoms with Gasteiger partial charge in [0.2, 0.25) is 0 Å². The van der Waals surface area contributed by atoms with E-state index in [1.165, 1.54) is 6.20 Å². The minimum Gasteiger partial charge on any atom is -0.319 e. The number of hydrogen-bond donors (Lipinski definition) is 1. The second-order valence-corrected chi connectivity index (χ2v) is 6.16. The Hall–Kier alpha value is -2.31. The summed E-state index contributed by atoms with van der Waals surface area (Å²) in [4.78, 5) is 3.47. The quantitative estimate of drug-likeness (QED) is 0.657. The molecule has 136 valence electrons. The molecule has 0 radical (unpaired) electrons. The summed E-state index contributed by atoms with van der Waals surface area (Å²) < 4.78 is 41.1. The number of nitrogens with one attached hydrogen (secondary N) is 1. The van der Waals surface area contributed by atoms with E-state index in [1.807, 2.05) is 48.0 Å². The van der Waals surface area contributed by atoms with Gasteiger partial charge in [-0.05, 0) is 53.9 Å². The van der Waals surface area contributed by atoms with Gasteiger partial charge in [0.25, 0.3) is 0 Å². The van der Waals surface area contributed by atoms with Crippen LogP contribution in [0, 0.1) is 6.92 Å². The molecule has 26 heavy (non-hydrogen) atoms. The number of halogens is 4. The van der Waals surface area contributed by atoms with Crippen LogP contribution in [0.1, 0.15) is 34.1 Å². The lowest BCUT2D eigenvalue weighted by Crippen LogP contribution is -2.22. The average molecular weight is 380 g/mol. The van der Waals surface area contributed by atoms with E-state index in [4.69, 9.17) is 0 Å². The monoisotopic (exact) mass is 379 g/mol. The Bertz CT molecular complexity index is 934. The van der Waals surface area contributed by atoms with Crippen LogP contribution in [0.4, 0.5) is 13.2 Å². The third-order valence-electron chi connectivity index (χ3n) is 4.61. The van der Waals surface area contributed by atoms with E-state index in [2.05, 4.69) is 10.3 Å². The zero-order valence-corrected chi connectivity index (χ0v) is 14.7. The number of nitrogens with zero attached hydrogens (tertiary/aromatic N) is 2. The number of fused-ring (bicyclic) bond motifs is 3.